The predicted molar refractivity (Wildman–Crippen MR) is 103 cm³/mol. The molecule has 0 saturated carbocycles. The molecule has 1 aromatic heterocycles. The maximum atomic E-state index is 12.3. The van der Waals surface area contributed by atoms with Gasteiger partial charge in [0.05, 0.1) is 0 Å². The van der Waals surface area contributed by atoms with Crippen molar-refractivity contribution in [3.05, 3.63) is 59.0 Å². The second kappa shape index (κ2) is 5.88. The first-order chi connectivity index (χ1) is 11.9. The smallest absolute Gasteiger partial charge is 0.410 e. The summed E-state index contributed by atoms with van der Waals surface area (Å²) in [7, 11) is 0. The minimum atomic E-state index is -0.466. The van der Waals surface area contributed by atoms with Crippen LogP contribution in [0.3, 0.4) is 0 Å². The number of nitrogens with zero attached hydrogens (tertiary/aromatic N) is 1. The number of fused-ring (bicyclic) bond motifs is 2. The van der Waals surface area contributed by atoms with Crippen LogP contribution in [0.2, 0.25) is 0 Å². The summed E-state index contributed by atoms with van der Waals surface area (Å²) in [5.41, 5.74) is 4.42. The van der Waals surface area contributed by atoms with Crippen LogP contribution < -0.4 is 0 Å². The Bertz CT molecular complexity index is 952. The third kappa shape index (κ3) is 3.14. The molecule has 4 rings (SSSR count). The lowest BCUT2D eigenvalue weighted by atomic mass is 10.0. The quantitative estimate of drug-likeness (QED) is 0.553. The van der Waals surface area contributed by atoms with Crippen LogP contribution in [0.15, 0.2) is 47.8 Å². The second-order valence-corrected chi connectivity index (χ2v) is 8.38. The number of benzene rings is 2. The van der Waals surface area contributed by atoms with Gasteiger partial charge in [0.15, 0.2) is 0 Å². The number of carbonyl (C=O) groups is 1. The molecule has 1 aliphatic heterocycles. The summed E-state index contributed by atoms with van der Waals surface area (Å²) in [6.07, 6.45) is -0.244. The average molecular weight is 351 g/mol. The highest BCUT2D eigenvalue weighted by Crippen LogP contribution is 2.36. The van der Waals surface area contributed by atoms with Crippen molar-refractivity contribution < 1.29 is 9.53 Å². The van der Waals surface area contributed by atoms with E-state index in [9.17, 15) is 4.79 Å². The van der Waals surface area contributed by atoms with Crippen molar-refractivity contribution in [1.82, 2.24) is 4.90 Å². The Morgan fingerprint density at radius 2 is 1.84 bits per heavy atom. The molecule has 0 fully saturated rings. The number of carbonyl (C=O) groups excluding carboxylic acids is 1. The minimum Gasteiger partial charge on any atom is -0.444 e. The predicted octanol–water partition coefficient (Wildman–Crippen LogP) is 5.82. The molecule has 3 aromatic rings. The van der Waals surface area contributed by atoms with Gasteiger partial charge in [-0.15, -0.1) is 11.3 Å². The average Bonchev–Trinajstić information content (AvgIpc) is 3.16. The van der Waals surface area contributed by atoms with Crippen molar-refractivity contribution in [1.29, 1.82) is 0 Å². The van der Waals surface area contributed by atoms with E-state index in [2.05, 4.69) is 47.8 Å². The molecule has 2 heterocycles. The maximum Gasteiger partial charge on any atom is 0.410 e. The van der Waals surface area contributed by atoms with Crippen LogP contribution in [0.5, 0.6) is 0 Å². The van der Waals surface area contributed by atoms with E-state index in [1.165, 1.54) is 32.3 Å². The Morgan fingerprint density at radius 3 is 2.64 bits per heavy atom. The molecule has 3 nitrogen and oxygen atoms in total. The van der Waals surface area contributed by atoms with Crippen LogP contribution in [0, 0.1) is 0 Å². The Labute approximate surface area is 151 Å². The van der Waals surface area contributed by atoms with Gasteiger partial charge in [0.25, 0.3) is 0 Å². The molecule has 0 radical (unpaired) electrons. The molecule has 0 saturated heterocycles. The highest BCUT2D eigenvalue weighted by atomic mass is 32.1. The molecule has 4 heteroatoms. The van der Waals surface area contributed by atoms with Gasteiger partial charge in [0.1, 0.15) is 5.60 Å². The normalized spacial score (nSPS) is 14.0. The Morgan fingerprint density at radius 1 is 1.08 bits per heavy atom. The molecule has 0 aliphatic carbocycles. The zero-order valence-electron chi connectivity index (χ0n) is 14.7. The van der Waals surface area contributed by atoms with Gasteiger partial charge in [-0.1, -0.05) is 30.3 Å². The van der Waals surface area contributed by atoms with E-state index in [1.807, 2.05) is 20.8 Å². The number of rotatable bonds is 1. The van der Waals surface area contributed by atoms with Gasteiger partial charge in [-0.05, 0) is 55.0 Å². The monoisotopic (exact) mass is 351 g/mol. The highest BCUT2D eigenvalue weighted by Gasteiger charge is 2.28. The van der Waals surface area contributed by atoms with Crippen molar-refractivity contribution >= 4 is 27.5 Å². The molecule has 2 aromatic carbocycles. The van der Waals surface area contributed by atoms with Crippen molar-refractivity contribution in [3.8, 4) is 11.1 Å². The van der Waals surface area contributed by atoms with Crippen LogP contribution in [-0.4, -0.2) is 16.6 Å². The van der Waals surface area contributed by atoms with E-state index >= 15 is 0 Å². The van der Waals surface area contributed by atoms with Gasteiger partial charge >= 0.3 is 6.09 Å². The van der Waals surface area contributed by atoms with Gasteiger partial charge in [0.2, 0.25) is 0 Å². The largest absolute Gasteiger partial charge is 0.444 e. The fraction of sp³-hybridized carbons (Fsp3) is 0.286. The summed E-state index contributed by atoms with van der Waals surface area (Å²) in [5, 5.41) is 3.50. The molecule has 1 amide bonds. The van der Waals surface area contributed by atoms with Crippen molar-refractivity contribution in [2.75, 3.05) is 0 Å². The van der Waals surface area contributed by atoms with Gasteiger partial charge in [-0.25, -0.2) is 4.79 Å². The standard InChI is InChI=1S/C21H21NO2S/c1-21(2,3)24-20(23)22-11-15-9-8-14(10-16(15)12-22)18-13-25-19-7-5-4-6-17(18)19/h4-10,13H,11-12H2,1-3H3. The molecular formula is C21H21NO2S. The van der Waals surface area contributed by atoms with Crippen molar-refractivity contribution in [3.63, 3.8) is 0 Å². The van der Waals surface area contributed by atoms with Gasteiger partial charge in [-0.2, -0.15) is 0 Å². The Kier molecular flexibility index (Phi) is 3.80. The summed E-state index contributed by atoms with van der Waals surface area (Å²) >= 11 is 1.77. The molecule has 0 atom stereocenters. The van der Waals surface area contributed by atoms with E-state index in [1.54, 1.807) is 16.2 Å². The van der Waals surface area contributed by atoms with E-state index in [4.69, 9.17) is 4.74 Å². The lowest BCUT2D eigenvalue weighted by molar-refractivity contribution is 0.0242. The second-order valence-electron chi connectivity index (χ2n) is 7.47. The van der Waals surface area contributed by atoms with E-state index in [0.717, 1.165) is 0 Å². The van der Waals surface area contributed by atoms with Gasteiger partial charge in [0, 0.05) is 28.7 Å². The minimum absolute atomic E-state index is 0.244. The first-order valence-electron chi connectivity index (χ1n) is 8.47. The molecule has 0 unspecified atom stereocenters. The third-order valence-electron chi connectivity index (χ3n) is 4.37. The van der Waals surface area contributed by atoms with Crippen molar-refractivity contribution in [2.24, 2.45) is 0 Å². The lowest BCUT2D eigenvalue weighted by Crippen LogP contribution is -2.33. The van der Waals surface area contributed by atoms with E-state index in [-0.39, 0.29) is 6.09 Å². The van der Waals surface area contributed by atoms with E-state index < -0.39 is 5.60 Å². The SMILES string of the molecule is CC(C)(C)OC(=O)N1Cc2ccc(-c3csc4ccccc34)cc2C1. The van der Waals surface area contributed by atoms with Crippen LogP contribution in [0.25, 0.3) is 21.2 Å². The summed E-state index contributed by atoms with van der Waals surface area (Å²) < 4.78 is 6.80. The Balaban J connectivity index is 1.61. The number of hydrogen-bond donors (Lipinski definition) is 0. The topological polar surface area (TPSA) is 29.5 Å². The molecule has 0 spiro atoms. The number of ether oxygens (including phenoxy) is 1. The molecule has 1 aliphatic rings. The number of hydrogen-bond acceptors (Lipinski definition) is 3. The molecule has 0 N–H and O–H groups in total. The summed E-state index contributed by atoms with van der Waals surface area (Å²) in [6.45, 7) is 6.92. The fourth-order valence-electron chi connectivity index (χ4n) is 3.22. The van der Waals surface area contributed by atoms with Crippen molar-refractivity contribution in [2.45, 2.75) is 39.5 Å². The first kappa shape index (κ1) is 16.2. The maximum absolute atomic E-state index is 12.3. The van der Waals surface area contributed by atoms with E-state index in [0.29, 0.717) is 13.1 Å². The highest BCUT2D eigenvalue weighted by molar-refractivity contribution is 7.17. The number of amides is 1. The molecular weight excluding hydrogens is 330 g/mol. The van der Waals surface area contributed by atoms with Gasteiger partial charge < -0.3 is 4.74 Å². The third-order valence-corrected chi connectivity index (χ3v) is 5.34. The summed E-state index contributed by atoms with van der Waals surface area (Å²) in [6, 6.07) is 15.0. The molecule has 25 heavy (non-hydrogen) atoms. The fourth-order valence-corrected chi connectivity index (χ4v) is 4.19. The van der Waals surface area contributed by atoms with Gasteiger partial charge in [-0.3, -0.25) is 4.90 Å². The first-order valence-corrected chi connectivity index (χ1v) is 9.35. The molecule has 0 bridgehead atoms. The summed E-state index contributed by atoms with van der Waals surface area (Å²) in [5.74, 6) is 0. The lowest BCUT2D eigenvalue weighted by Gasteiger charge is -2.24. The van der Waals surface area contributed by atoms with Crippen LogP contribution in [-0.2, 0) is 17.8 Å². The van der Waals surface area contributed by atoms with Crippen LogP contribution in [0.4, 0.5) is 4.79 Å². The Hall–Kier alpha value is -2.33. The summed E-state index contributed by atoms with van der Waals surface area (Å²) in [4.78, 5) is 14.1. The van der Waals surface area contributed by atoms with Crippen LogP contribution in [0.1, 0.15) is 31.9 Å². The number of thiophene rings is 1. The zero-order chi connectivity index (χ0) is 17.6. The zero-order valence-corrected chi connectivity index (χ0v) is 15.5. The van der Waals surface area contributed by atoms with Crippen LogP contribution >= 0.6 is 11.3 Å². The molecule has 128 valence electrons.